The van der Waals surface area contributed by atoms with Crippen LogP contribution in [0.3, 0.4) is 0 Å². The second-order valence-electron chi connectivity index (χ2n) is 6.34. The summed E-state index contributed by atoms with van der Waals surface area (Å²) >= 11 is 0. The number of aromatic nitrogens is 2. The molecule has 3 heterocycles. The average Bonchev–Trinajstić information content (AvgIpc) is 3.03. The van der Waals surface area contributed by atoms with Crippen molar-refractivity contribution in [1.29, 1.82) is 0 Å². The van der Waals surface area contributed by atoms with Gasteiger partial charge in [-0.2, -0.15) is 5.10 Å². The van der Waals surface area contributed by atoms with Crippen molar-refractivity contribution in [2.45, 2.75) is 44.6 Å². The maximum absolute atomic E-state index is 4.41. The Bertz CT molecular complexity index is 370. The molecule has 1 aromatic heterocycles. The fourth-order valence-electron chi connectivity index (χ4n) is 3.65. The number of piperidine rings is 2. The molecule has 0 N–H and O–H groups in total. The Balaban J connectivity index is 1.39. The molecule has 1 atom stereocenters. The first-order valence-corrected chi connectivity index (χ1v) is 8.36. The van der Waals surface area contributed by atoms with Crippen LogP contribution in [0.15, 0.2) is 18.5 Å². The molecule has 2 aliphatic rings. The van der Waals surface area contributed by atoms with E-state index in [0.29, 0.717) is 6.04 Å². The second-order valence-corrected chi connectivity index (χ2v) is 6.34. The van der Waals surface area contributed by atoms with E-state index in [1.165, 1.54) is 77.8 Å². The van der Waals surface area contributed by atoms with Crippen molar-refractivity contribution in [3.05, 3.63) is 18.5 Å². The van der Waals surface area contributed by atoms with E-state index in [1.807, 2.05) is 12.3 Å². The molecule has 0 aromatic carbocycles. The van der Waals surface area contributed by atoms with Gasteiger partial charge in [-0.15, -0.1) is 0 Å². The minimum Gasteiger partial charge on any atom is -0.303 e. The van der Waals surface area contributed by atoms with Crippen LogP contribution in [0.25, 0.3) is 0 Å². The lowest BCUT2D eigenvalue weighted by Gasteiger charge is -2.33. The number of nitrogens with zero attached hydrogens (tertiary/aromatic N) is 4. The van der Waals surface area contributed by atoms with Crippen molar-refractivity contribution < 1.29 is 0 Å². The van der Waals surface area contributed by atoms with Gasteiger partial charge in [0.1, 0.15) is 0 Å². The van der Waals surface area contributed by atoms with Crippen LogP contribution < -0.4 is 0 Å². The Morgan fingerprint density at radius 2 is 1.75 bits per heavy atom. The molecule has 0 radical (unpaired) electrons. The molecule has 0 saturated carbocycles. The van der Waals surface area contributed by atoms with Gasteiger partial charge >= 0.3 is 0 Å². The van der Waals surface area contributed by atoms with E-state index in [0.717, 1.165) is 0 Å². The highest BCUT2D eigenvalue weighted by atomic mass is 15.3. The van der Waals surface area contributed by atoms with Crippen LogP contribution in [-0.2, 0) is 0 Å². The normalized spacial score (nSPS) is 25.9. The molecule has 0 aliphatic carbocycles. The zero-order valence-corrected chi connectivity index (χ0v) is 12.6. The molecule has 3 rings (SSSR count). The molecule has 0 amide bonds. The Hall–Kier alpha value is -0.870. The van der Waals surface area contributed by atoms with E-state index >= 15 is 0 Å². The van der Waals surface area contributed by atoms with Crippen molar-refractivity contribution in [1.82, 2.24) is 19.6 Å². The molecule has 0 bridgehead atoms. The fraction of sp³-hybridized carbons (Fsp3) is 0.812. The van der Waals surface area contributed by atoms with Crippen LogP contribution in [-0.4, -0.2) is 58.8 Å². The topological polar surface area (TPSA) is 24.3 Å². The first kappa shape index (κ1) is 14.1. The fourth-order valence-corrected chi connectivity index (χ4v) is 3.65. The highest BCUT2D eigenvalue weighted by Crippen LogP contribution is 2.20. The standard InChI is InChI=1S/C16H28N4/c1-2-9-18(10-3-1)12-6-13-19-11-4-7-16(15-19)20-14-5-8-17-20/h5,8,14,16H,1-4,6-7,9-13,15H2. The largest absolute Gasteiger partial charge is 0.303 e. The van der Waals surface area contributed by atoms with Gasteiger partial charge < -0.3 is 9.80 Å². The Labute approximate surface area is 122 Å². The molecule has 2 saturated heterocycles. The van der Waals surface area contributed by atoms with Gasteiger partial charge in [0.2, 0.25) is 0 Å². The van der Waals surface area contributed by atoms with Crippen LogP contribution >= 0.6 is 0 Å². The van der Waals surface area contributed by atoms with Crippen LogP contribution in [0.2, 0.25) is 0 Å². The smallest absolute Gasteiger partial charge is 0.0646 e. The van der Waals surface area contributed by atoms with Crippen LogP contribution in [0.4, 0.5) is 0 Å². The van der Waals surface area contributed by atoms with Crippen molar-refractivity contribution >= 4 is 0 Å². The Morgan fingerprint density at radius 1 is 0.950 bits per heavy atom. The summed E-state index contributed by atoms with van der Waals surface area (Å²) < 4.78 is 2.15. The molecule has 1 unspecified atom stereocenters. The molecule has 4 nitrogen and oxygen atoms in total. The summed E-state index contributed by atoms with van der Waals surface area (Å²) in [6.45, 7) is 7.67. The Kier molecular flexibility index (Phi) is 5.09. The zero-order valence-electron chi connectivity index (χ0n) is 12.6. The predicted molar refractivity (Wildman–Crippen MR) is 81.8 cm³/mol. The van der Waals surface area contributed by atoms with E-state index in [1.54, 1.807) is 0 Å². The SMILES string of the molecule is c1cnn(C2CCCN(CCCN3CCCCC3)C2)c1. The predicted octanol–water partition coefficient (Wildman–Crippen LogP) is 2.40. The van der Waals surface area contributed by atoms with E-state index in [2.05, 4.69) is 25.8 Å². The van der Waals surface area contributed by atoms with Crippen molar-refractivity contribution in [3.8, 4) is 0 Å². The van der Waals surface area contributed by atoms with Gasteiger partial charge in [0.25, 0.3) is 0 Å². The summed E-state index contributed by atoms with van der Waals surface area (Å²) in [6, 6.07) is 2.63. The van der Waals surface area contributed by atoms with Crippen LogP contribution in [0.1, 0.15) is 44.6 Å². The number of rotatable bonds is 5. The minimum atomic E-state index is 0.591. The number of hydrogen-bond acceptors (Lipinski definition) is 3. The van der Waals surface area contributed by atoms with Gasteiger partial charge in [-0.3, -0.25) is 4.68 Å². The summed E-state index contributed by atoms with van der Waals surface area (Å²) in [5, 5.41) is 4.41. The monoisotopic (exact) mass is 276 g/mol. The lowest BCUT2D eigenvalue weighted by molar-refractivity contribution is 0.154. The van der Waals surface area contributed by atoms with Crippen molar-refractivity contribution in [2.75, 3.05) is 39.3 Å². The lowest BCUT2D eigenvalue weighted by Crippen LogP contribution is -2.39. The molecule has 1 aromatic rings. The first-order chi connectivity index (χ1) is 9.92. The van der Waals surface area contributed by atoms with Gasteiger partial charge in [0.05, 0.1) is 6.04 Å². The maximum atomic E-state index is 4.41. The highest BCUT2D eigenvalue weighted by Gasteiger charge is 2.21. The van der Waals surface area contributed by atoms with Gasteiger partial charge in [-0.25, -0.2) is 0 Å². The summed E-state index contributed by atoms with van der Waals surface area (Å²) in [5.41, 5.74) is 0. The summed E-state index contributed by atoms with van der Waals surface area (Å²) in [4.78, 5) is 5.29. The van der Waals surface area contributed by atoms with E-state index in [4.69, 9.17) is 0 Å². The van der Waals surface area contributed by atoms with E-state index in [-0.39, 0.29) is 0 Å². The molecule has 2 fully saturated rings. The number of hydrogen-bond donors (Lipinski definition) is 0. The van der Waals surface area contributed by atoms with Gasteiger partial charge in [-0.1, -0.05) is 6.42 Å². The summed E-state index contributed by atoms with van der Waals surface area (Å²) in [5.74, 6) is 0. The second kappa shape index (κ2) is 7.23. The first-order valence-electron chi connectivity index (χ1n) is 8.36. The molecule has 20 heavy (non-hydrogen) atoms. The van der Waals surface area contributed by atoms with Crippen LogP contribution in [0, 0.1) is 0 Å². The Morgan fingerprint density at radius 3 is 2.55 bits per heavy atom. The third-order valence-electron chi connectivity index (χ3n) is 4.78. The van der Waals surface area contributed by atoms with Gasteiger partial charge in [0.15, 0.2) is 0 Å². The zero-order chi connectivity index (χ0) is 13.6. The molecular formula is C16H28N4. The third kappa shape index (κ3) is 3.83. The van der Waals surface area contributed by atoms with Gasteiger partial charge in [-0.05, 0) is 70.9 Å². The minimum absolute atomic E-state index is 0.591. The number of likely N-dealkylation sites (tertiary alicyclic amines) is 2. The molecular weight excluding hydrogens is 248 g/mol. The van der Waals surface area contributed by atoms with E-state index in [9.17, 15) is 0 Å². The maximum Gasteiger partial charge on any atom is 0.0646 e. The van der Waals surface area contributed by atoms with E-state index < -0.39 is 0 Å². The van der Waals surface area contributed by atoms with Crippen LogP contribution in [0.5, 0.6) is 0 Å². The van der Waals surface area contributed by atoms with Crippen molar-refractivity contribution in [3.63, 3.8) is 0 Å². The lowest BCUT2D eigenvalue weighted by atomic mass is 10.1. The molecule has 4 heteroatoms. The summed E-state index contributed by atoms with van der Waals surface area (Å²) in [7, 11) is 0. The van der Waals surface area contributed by atoms with Crippen molar-refractivity contribution in [2.24, 2.45) is 0 Å². The molecule has 0 spiro atoms. The molecule has 112 valence electrons. The molecule has 2 aliphatic heterocycles. The third-order valence-corrected chi connectivity index (χ3v) is 4.78. The van der Waals surface area contributed by atoms with Gasteiger partial charge in [0, 0.05) is 18.9 Å². The quantitative estimate of drug-likeness (QED) is 0.825. The summed E-state index contributed by atoms with van der Waals surface area (Å²) in [6.07, 6.45) is 12.2. The highest BCUT2D eigenvalue weighted by molar-refractivity contribution is 4.85. The average molecular weight is 276 g/mol.